The Hall–Kier alpha value is -1.62. The number of aliphatic hydroxyl groups excluding tert-OH is 1. The molecule has 3 rings (SSSR count). The first kappa shape index (κ1) is 21.7. The predicted octanol–water partition coefficient (Wildman–Crippen LogP) is 2.09. The van der Waals surface area contributed by atoms with Crippen LogP contribution in [0.15, 0.2) is 34.1 Å². The number of aliphatic hydroxyl groups is 1. The van der Waals surface area contributed by atoms with Gasteiger partial charge >= 0.3 is 0 Å². The lowest BCUT2D eigenvalue weighted by Crippen LogP contribution is -2.46. The number of hydrogen-bond acceptors (Lipinski definition) is 5. The molecule has 8 nitrogen and oxygen atoms in total. The summed E-state index contributed by atoms with van der Waals surface area (Å²) in [4.78, 5) is 4.64. The third-order valence-electron chi connectivity index (χ3n) is 4.67. The minimum Gasteiger partial charge on any atom is -0.467 e. The molecule has 2 heterocycles. The largest absolute Gasteiger partial charge is 0.467 e. The molecule has 9 heteroatoms. The van der Waals surface area contributed by atoms with Gasteiger partial charge in [0.05, 0.1) is 12.4 Å². The zero-order chi connectivity index (χ0) is 18.2. The lowest BCUT2D eigenvalue weighted by molar-refractivity contribution is 0.120. The summed E-state index contributed by atoms with van der Waals surface area (Å²) in [6.45, 7) is 4.07. The smallest absolute Gasteiger partial charge is 0.191 e. The van der Waals surface area contributed by atoms with Crippen LogP contribution >= 0.6 is 24.0 Å². The molecular formula is C18H29IN6O2. The van der Waals surface area contributed by atoms with Gasteiger partial charge in [-0.2, -0.15) is 0 Å². The monoisotopic (exact) mass is 488 g/mol. The number of guanidine groups is 1. The summed E-state index contributed by atoms with van der Waals surface area (Å²) in [6.07, 6.45) is 7.70. The molecule has 0 aromatic carbocycles. The SMILES string of the molecule is CCc1nncn1CCNC(=NCc1ccco1)NC1CCC(O)CC1.I. The second-order valence-corrected chi connectivity index (χ2v) is 6.61. The highest BCUT2D eigenvalue weighted by Crippen LogP contribution is 2.18. The van der Waals surface area contributed by atoms with Crippen molar-refractivity contribution in [1.82, 2.24) is 25.4 Å². The van der Waals surface area contributed by atoms with Crippen LogP contribution in [0.4, 0.5) is 0 Å². The second-order valence-electron chi connectivity index (χ2n) is 6.61. The highest BCUT2D eigenvalue weighted by atomic mass is 127. The summed E-state index contributed by atoms with van der Waals surface area (Å²) in [7, 11) is 0. The van der Waals surface area contributed by atoms with Crippen molar-refractivity contribution >= 4 is 29.9 Å². The molecule has 0 unspecified atom stereocenters. The Bertz CT molecular complexity index is 680. The Morgan fingerprint density at radius 3 is 2.89 bits per heavy atom. The van der Waals surface area contributed by atoms with Crippen molar-refractivity contribution in [2.75, 3.05) is 6.54 Å². The molecule has 1 fully saturated rings. The number of rotatable bonds is 7. The molecule has 1 saturated carbocycles. The average molecular weight is 488 g/mol. The number of hydrogen-bond donors (Lipinski definition) is 3. The fourth-order valence-electron chi connectivity index (χ4n) is 3.16. The van der Waals surface area contributed by atoms with Crippen LogP contribution in [0.25, 0.3) is 0 Å². The van der Waals surface area contributed by atoms with E-state index in [-0.39, 0.29) is 30.1 Å². The lowest BCUT2D eigenvalue weighted by atomic mass is 9.93. The predicted molar refractivity (Wildman–Crippen MR) is 114 cm³/mol. The van der Waals surface area contributed by atoms with Gasteiger partial charge in [-0.05, 0) is 37.8 Å². The van der Waals surface area contributed by atoms with Crippen molar-refractivity contribution in [1.29, 1.82) is 0 Å². The molecule has 0 atom stereocenters. The Morgan fingerprint density at radius 2 is 2.19 bits per heavy atom. The number of nitrogens with one attached hydrogen (secondary N) is 2. The van der Waals surface area contributed by atoms with Crippen molar-refractivity contribution in [3.05, 3.63) is 36.3 Å². The van der Waals surface area contributed by atoms with Gasteiger partial charge in [0, 0.05) is 25.6 Å². The topological polar surface area (TPSA) is 101 Å². The fraction of sp³-hybridized carbons (Fsp3) is 0.611. The molecule has 1 aliphatic carbocycles. The Kier molecular flexibility index (Phi) is 9.05. The lowest BCUT2D eigenvalue weighted by Gasteiger charge is -2.27. The van der Waals surface area contributed by atoms with Crippen LogP contribution in [-0.2, 0) is 19.5 Å². The number of aliphatic imine (C=N–C) groups is 1. The van der Waals surface area contributed by atoms with Crippen LogP contribution in [-0.4, -0.2) is 44.5 Å². The Morgan fingerprint density at radius 1 is 1.37 bits per heavy atom. The Labute approximate surface area is 176 Å². The van der Waals surface area contributed by atoms with Gasteiger partial charge in [0.2, 0.25) is 0 Å². The molecule has 150 valence electrons. The van der Waals surface area contributed by atoms with E-state index in [1.54, 1.807) is 12.6 Å². The average Bonchev–Trinajstić information content (AvgIpc) is 3.32. The highest BCUT2D eigenvalue weighted by Gasteiger charge is 2.20. The molecule has 0 aliphatic heterocycles. The van der Waals surface area contributed by atoms with E-state index >= 15 is 0 Å². The molecule has 1 aliphatic rings. The van der Waals surface area contributed by atoms with Gasteiger partial charge in [-0.1, -0.05) is 6.92 Å². The number of halogens is 1. The first-order chi connectivity index (χ1) is 12.7. The van der Waals surface area contributed by atoms with Crippen molar-refractivity contribution in [2.24, 2.45) is 4.99 Å². The number of aromatic nitrogens is 3. The van der Waals surface area contributed by atoms with Gasteiger partial charge in [-0.15, -0.1) is 34.2 Å². The van der Waals surface area contributed by atoms with E-state index in [1.807, 2.05) is 16.7 Å². The number of aryl methyl sites for hydroxylation is 1. The van der Waals surface area contributed by atoms with Gasteiger partial charge in [-0.3, -0.25) is 0 Å². The van der Waals surface area contributed by atoms with Crippen molar-refractivity contribution in [3.8, 4) is 0 Å². The van der Waals surface area contributed by atoms with Crippen LogP contribution in [0.5, 0.6) is 0 Å². The fourth-order valence-corrected chi connectivity index (χ4v) is 3.16. The zero-order valence-electron chi connectivity index (χ0n) is 15.7. The van der Waals surface area contributed by atoms with E-state index in [0.29, 0.717) is 12.6 Å². The summed E-state index contributed by atoms with van der Waals surface area (Å²) < 4.78 is 7.41. The summed E-state index contributed by atoms with van der Waals surface area (Å²) >= 11 is 0. The molecule has 0 amide bonds. The third-order valence-corrected chi connectivity index (χ3v) is 4.67. The highest BCUT2D eigenvalue weighted by molar-refractivity contribution is 14.0. The van der Waals surface area contributed by atoms with Crippen molar-refractivity contribution in [3.63, 3.8) is 0 Å². The van der Waals surface area contributed by atoms with E-state index in [1.165, 1.54) is 0 Å². The van der Waals surface area contributed by atoms with Gasteiger partial charge in [0.1, 0.15) is 24.5 Å². The zero-order valence-corrected chi connectivity index (χ0v) is 18.0. The van der Waals surface area contributed by atoms with E-state index in [0.717, 1.165) is 62.7 Å². The van der Waals surface area contributed by atoms with E-state index < -0.39 is 0 Å². The number of furan rings is 1. The summed E-state index contributed by atoms with van der Waals surface area (Å²) in [5.74, 6) is 2.58. The summed E-state index contributed by atoms with van der Waals surface area (Å²) in [5, 5.41) is 24.6. The molecular weight excluding hydrogens is 459 g/mol. The van der Waals surface area contributed by atoms with Crippen LogP contribution < -0.4 is 10.6 Å². The van der Waals surface area contributed by atoms with Crippen LogP contribution in [0.1, 0.15) is 44.2 Å². The van der Waals surface area contributed by atoms with E-state index in [4.69, 9.17) is 4.42 Å². The summed E-state index contributed by atoms with van der Waals surface area (Å²) in [5.41, 5.74) is 0. The number of nitrogens with zero attached hydrogens (tertiary/aromatic N) is 4. The molecule has 0 spiro atoms. The van der Waals surface area contributed by atoms with Gasteiger partial charge < -0.3 is 24.7 Å². The maximum absolute atomic E-state index is 9.69. The van der Waals surface area contributed by atoms with Crippen LogP contribution in [0.3, 0.4) is 0 Å². The van der Waals surface area contributed by atoms with Gasteiger partial charge in [-0.25, -0.2) is 4.99 Å². The normalized spacial score (nSPS) is 20.1. The molecule has 2 aromatic heterocycles. The van der Waals surface area contributed by atoms with E-state index in [9.17, 15) is 5.11 Å². The van der Waals surface area contributed by atoms with Crippen LogP contribution in [0, 0.1) is 0 Å². The van der Waals surface area contributed by atoms with E-state index in [2.05, 4.69) is 32.7 Å². The van der Waals surface area contributed by atoms with Gasteiger partial charge in [0.15, 0.2) is 5.96 Å². The first-order valence-corrected chi connectivity index (χ1v) is 9.36. The molecule has 0 bridgehead atoms. The maximum atomic E-state index is 9.69. The molecule has 3 N–H and O–H groups in total. The quantitative estimate of drug-likeness (QED) is 0.314. The van der Waals surface area contributed by atoms with Crippen molar-refractivity contribution < 1.29 is 9.52 Å². The van der Waals surface area contributed by atoms with Crippen molar-refractivity contribution in [2.45, 2.75) is 64.3 Å². The summed E-state index contributed by atoms with van der Waals surface area (Å²) in [6, 6.07) is 4.12. The minimum atomic E-state index is -0.161. The molecule has 0 saturated heterocycles. The minimum absolute atomic E-state index is 0. The van der Waals surface area contributed by atoms with Gasteiger partial charge in [0.25, 0.3) is 0 Å². The molecule has 2 aromatic rings. The maximum Gasteiger partial charge on any atom is 0.191 e. The molecule has 0 radical (unpaired) electrons. The standard InChI is InChI=1S/C18H28N6O2.HI/c1-2-17-23-21-13-24(17)10-9-19-18(20-12-16-4-3-11-26-16)22-14-5-7-15(25)8-6-14;/h3-4,11,13-15,25H,2,5-10,12H2,1H3,(H2,19,20,22);1H. The Balaban J connectivity index is 0.00000261. The van der Waals surface area contributed by atoms with Crippen LogP contribution in [0.2, 0.25) is 0 Å². The second kappa shape index (κ2) is 11.3. The first-order valence-electron chi connectivity index (χ1n) is 9.36. The molecule has 27 heavy (non-hydrogen) atoms. The third kappa shape index (κ3) is 6.80.